The van der Waals surface area contributed by atoms with Crippen LogP contribution >= 0.6 is 0 Å². The lowest BCUT2D eigenvalue weighted by atomic mass is 10.0. The van der Waals surface area contributed by atoms with Gasteiger partial charge in [-0.2, -0.15) is 0 Å². The zero-order valence-electron chi connectivity index (χ0n) is 12.1. The predicted molar refractivity (Wildman–Crippen MR) is 76.9 cm³/mol. The molecule has 1 aromatic rings. The first-order valence-corrected chi connectivity index (χ1v) is 7.06. The van der Waals surface area contributed by atoms with Crippen LogP contribution in [0, 0.1) is 5.92 Å². The lowest BCUT2D eigenvalue weighted by Crippen LogP contribution is -2.35. The van der Waals surface area contributed by atoms with E-state index in [-0.39, 0.29) is 5.91 Å². The van der Waals surface area contributed by atoms with Crippen LogP contribution in [-0.4, -0.2) is 49.5 Å². The molecule has 6 heteroatoms. The third-order valence-corrected chi connectivity index (χ3v) is 3.46. The molecule has 1 unspecified atom stereocenters. The zero-order chi connectivity index (χ0) is 14.4. The molecule has 1 aromatic heterocycles. The summed E-state index contributed by atoms with van der Waals surface area (Å²) in [5.74, 6) is 1.32. The number of piperidine rings is 1. The van der Waals surface area contributed by atoms with Crippen LogP contribution in [0.5, 0.6) is 0 Å². The van der Waals surface area contributed by atoms with Crippen molar-refractivity contribution in [1.82, 2.24) is 15.5 Å². The van der Waals surface area contributed by atoms with Crippen molar-refractivity contribution in [2.75, 3.05) is 38.3 Å². The van der Waals surface area contributed by atoms with Crippen LogP contribution in [0.1, 0.15) is 30.3 Å². The van der Waals surface area contributed by atoms with Crippen LogP contribution in [0.4, 0.5) is 5.82 Å². The molecule has 1 atom stereocenters. The van der Waals surface area contributed by atoms with Gasteiger partial charge in [0.15, 0.2) is 11.5 Å². The predicted octanol–water partition coefficient (Wildman–Crippen LogP) is 1.09. The fraction of sp³-hybridized carbons (Fsp3) is 0.643. The van der Waals surface area contributed by atoms with Crippen LogP contribution in [0.3, 0.4) is 0 Å². The highest BCUT2D eigenvalue weighted by Gasteiger charge is 2.18. The van der Waals surface area contributed by atoms with Gasteiger partial charge in [0.1, 0.15) is 0 Å². The molecule has 1 fully saturated rings. The van der Waals surface area contributed by atoms with Gasteiger partial charge in [-0.3, -0.25) is 4.79 Å². The minimum Gasteiger partial charge on any atom is -0.383 e. The zero-order valence-corrected chi connectivity index (χ0v) is 12.1. The van der Waals surface area contributed by atoms with Gasteiger partial charge in [0.25, 0.3) is 5.91 Å². The molecule has 1 aliphatic rings. The van der Waals surface area contributed by atoms with E-state index in [0.29, 0.717) is 24.8 Å². The Morgan fingerprint density at radius 2 is 2.35 bits per heavy atom. The van der Waals surface area contributed by atoms with E-state index in [4.69, 9.17) is 4.74 Å². The van der Waals surface area contributed by atoms with Gasteiger partial charge < -0.3 is 15.0 Å². The first kappa shape index (κ1) is 14.7. The Bertz CT molecular complexity index is 435. The molecule has 1 aliphatic heterocycles. The minimum atomic E-state index is -0.215. The number of aromatic nitrogens is 2. The average Bonchev–Trinajstić information content (AvgIpc) is 2.47. The molecule has 110 valence electrons. The number of hydrogen-bond acceptors (Lipinski definition) is 5. The third kappa shape index (κ3) is 3.90. The summed E-state index contributed by atoms with van der Waals surface area (Å²) in [6, 6.07) is 3.60. The van der Waals surface area contributed by atoms with Gasteiger partial charge in [-0.25, -0.2) is 0 Å². The number of nitrogens with zero attached hydrogens (tertiary/aromatic N) is 3. The molecular weight excluding hydrogens is 256 g/mol. The highest BCUT2D eigenvalue weighted by atomic mass is 16.5. The molecule has 6 nitrogen and oxygen atoms in total. The Morgan fingerprint density at radius 1 is 1.50 bits per heavy atom. The minimum absolute atomic E-state index is 0.215. The smallest absolute Gasteiger partial charge is 0.271 e. The van der Waals surface area contributed by atoms with Gasteiger partial charge in [-0.15, -0.1) is 10.2 Å². The summed E-state index contributed by atoms with van der Waals surface area (Å²) < 4.78 is 4.88. The summed E-state index contributed by atoms with van der Waals surface area (Å²) in [7, 11) is 1.60. The lowest BCUT2D eigenvalue weighted by molar-refractivity contribution is 0.0931. The van der Waals surface area contributed by atoms with E-state index in [1.165, 1.54) is 12.8 Å². The van der Waals surface area contributed by atoms with Crippen molar-refractivity contribution in [1.29, 1.82) is 0 Å². The maximum Gasteiger partial charge on any atom is 0.271 e. The Kier molecular flexibility index (Phi) is 5.29. The Hall–Kier alpha value is -1.69. The molecule has 0 saturated carbocycles. The van der Waals surface area contributed by atoms with Crippen molar-refractivity contribution in [2.45, 2.75) is 19.8 Å². The number of methoxy groups -OCH3 is 1. The third-order valence-electron chi connectivity index (χ3n) is 3.46. The van der Waals surface area contributed by atoms with Gasteiger partial charge >= 0.3 is 0 Å². The van der Waals surface area contributed by atoms with E-state index in [9.17, 15) is 4.79 Å². The fourth-order valence-corrected chi connectivity index (χ4v) is 2.37. The molecule has 0 aliphatic carbocycles. The van der Waals surface area contributed by atoms with Gasteiger partial charge in [0.05, 0.1) is 6.61 Å². The number of carbonyl (C=O) groups excluding carboxylic acids is 1. The number of anilines is 1. The molecular formula is C14H22N4O2. The molecule has 2 rings (SSSR count). The van der Waals surface area contributed by atoms with Gasteiger partial charge in [-0.1, -0.05) is 6.92 Å². The van der Waals surface area contributed by atoms with E-state index in [1.807, 2.05) is 6.07 Å². The van der Waals surface area contributed by atoms with Crippen molar-refractivity contribution in [2.24, 2.45) is 5.92 Å². The van der Waals surface area contributed by atoms with E-state index in [2.05, 4.69) is 27.3 Å². The number of ether oxygens (including phenoxy) is 1. The van der Waals surface area contributed by atoms with Crippen molar-refractivity contribution >= 4 is 11.7 Å². The van der Waals surface area contributed by atoms with Crippen molar-refractivity contribution in [3.63, 3.8) is 0 Å². The largest absolute Gasteiger partial charge is 0.383 e. The summed E-state index contributed by atoms with van der Waals surface area (Å²) >= 11 is 0. The fourth-order valence-electron chi connectivity index (χ4n) is 2.37. The molecule has 0 aromatic carbocycles. The standard InChI is InChI=1S/C14H22N4O2/c1-11-4-3-8-18(10-11)13-6-5-12(16-17-13)14(19)15-7-9-20-2/h5-6,11H,3-4,7-10H2,1-2H3,(H,15,19). The molecule has 20 heavy (non-hydrogen) atoms. The van der Waals surface area contributed by atoms with Gasteiger partial charge in [-0.05, 0) is 30.9 Å². The summed E-state index contributed by atoms with van der Waals surface area (Å²) in [5.41, 5.74) is 0.343. The molecule has 0 radical (unpaired) electrons. The molecule has 2 heterocycles. The molecule has 0 spiro atoms. The van der Waals surface area contributed by atoms with Crippen LogP contribution < -0.4 is 10.2 Å². The normalized spacial score (nSPS) is 18.9. The maximum atomic E-state index is 11.8. The second-order valence-corrected chi connectivity index (χ2v) is 5.22. The van der Waals surface area contributed by atoms with E-state index in [0.717, 1.165) is 18.9 Å². The lowest BCUT2D eigenvalue weighted by Gasteiger charge is -2.31. The summed E-state index contributed by atoms with van der Waals surface area (Å²) in [5, 5.41) is 10.9. The van der Waals surface area contributed by atoms with Crippen molar-refractivity contribution in [3.05, 3.63) is 17.8 Å². The van der Waals surface area contributed by atoms with E-state index in [1.54, 1.807) is 13.2 Å². The Balaban J connectivity index is 1.93. The highest BCUT2D eigenvalue weighted by Crippen LogP contribution is 2.20. The van der Waals surface area contributed by atoms with Crippen LogP contribution in [0.15, 0.2) is 12.1 Å². The second kappa shape index (κ2) is 7.19. The molecule has 0 bridgehead atoms. The summed E-state index contributed by atoms with van der Waals surface area (Å²) in [4.78, 5) is 14.0. The number of amides is 1. The average molecular weight is 278 g/mol. The summed E-state index contributed by atoms with van der Waals surface area (Å²) in [6.07, 6.45) is 2.45. The van der Waals surface area contributed by atoms with Crippen LogP contribution in [0.25, 0.3) is 0 Å². The SMILES string of the molecule is COCCNC(=O)c1ccc(N2CCCC(C)C2)nn1. The van der Waals surface area contributed by atoms with Crippen molar-refractivity contribution < 1.29 is 9.53 Å². The molecule has 1 N–H and O–H groups in total. The molecule has 1 amide bonds. The number of rotatable bonds is 5. The Morgan fingerprint density at radius 3 is 3.00 bits per heavy atom. The topological polar surface area (TPSA) is 67.3 Å². The quantitative estimate of drug-likeness (QED) is 0.817. The number of hydrogen-bond donors (Lipinski definition) is 1. The van der Waals surface area contributed by atoms with Crippen molar-refractivity contribution in [3.8, 4) is 0 Å². The maximum absolute atomic E-state index is 11.8. The van der Waals surface area contributed by atoms with Gasteiger partial charge in [0, 0.05) is 26.7 Å². The van der Waals surface area contributed by atoms with E-state index >= 15 is 0 Å². The van der Waals surface area contributed by atoms with E-state index < -0.39 is 0 Å². The number of carbonyl (C=O) groups is 1. The monoisotopic (exact) mass is 278 g/mol. The van der Waals surface area contributed by atoms with Crippen LogP contribution in [-0.2, 0) is 4.74 Å². The second-order valence-electron chi connectivity index (χ2n) is 5.22. The first-order chi connectivity index (χ1) is 9.70. The molecule has 1 saturated heterocycles. The summed E-state index contributed by atoms with van der Waals surface area (Å²) in [6.45, 7) is 5.23. The first-order valence-electron chi connectivity index (χ1n) is 7.06. The van der Waals surface area contributed by atoms with Crippen LogP contribution in [0.2, 0.25) is 0 Å². The highest BCUT2D eigenvalue weighted by molar-refractivity contribution is 5.92. The number of nitrogens with one attached hydrogen (secondary N) is 1. The Labute approximate surface area is 119 Å². The van der Waals surface area contributed by atoms with Gasteiger partial charge in [0.2, 0.25) is 0 Å².